The van der Waals surface area contributed by atoms with Crippen LogP contribution in [0.1, 0.15) is 13.8 Å². The number of halogens is 1. The van der Waals surface area contributed by atoms with E-state index in [2.05, 4.69) is 34.0 Å². The third kappa shape index (κ3) is 2.79. The number of hydrogen-bond donors (Lipinski definition) is 1. The van der Waals surface area contributed by atoms with E-state index >= 15 is 0 Å². The average Bonchev–Trinajstić information content (AvgIpc) is 2.23. The van der Waals surface area contributed by atoms with E-state index in [0.29, 0.717) is 12.1 Å². The summed E-state index contributed by atoms with van der Waals surface area (Å²) in [5.74, 6) is 0.841. The second-order valence-corrected chi connectivity index (χ2v) is 3.86. The third-order valence-electron chi connectivity index (χ3n) is 2.57. The van der Waals surface area contributed by atoms with E-state index in [0.717, 1.165) is 19.0 Å². The summed E-state index contributed by atoms with van der Waals surface area (Å²) in [5.41, 5.74) is 0. The van der Waals surface area contributed by atoms with Crippen molar-refractivity contribution in [2.45, 2.75) is 25.9 Å². The molecule has 1 aliphatic rings. The van der Waals surface area contributed by atoms with Gasteiger partial charge in [-0.2, -0.15) is 0 Å². The fourth-order valence-corrected chi connectivity index (χ4v) is 1.74. The molecule has 0 saturated carbocycles. The smallest absolute Gasteiger partial charge is 0.225 e. The first-order chi connectivity index (χ1) is 6.77. The second kappa shape index (κ2) is 5.28. The minimum Gasteiger partial charge on any atom is -0.335 e. The van der Waals surface area contributed by atoms with Crippen LogP contribution in [0.3, 0.4) is 0 Å². The van der Waals surface area contributed by atoms with Crippen LogP contribution in [0.5, 0.6) is 0 Å². The van der Waals surface area contributed by atoms with Gasteiger partial charge in [-0.05, 0) is 19.9 Å². The van der Waals surface area contributed by atoms with Crippen LogP contribution in [-0.2, 0) is 0 Å². The van der Waals surface area contributed by atoms with Crippen LogP contribution in [0.15, 0.2) is 18.5 Å². The Hall–Kier alpha value is -0.870. The van der Waals surface area contributed by atoms with Crippen LogP contribution < -0.4 is 10.2 Å². The molecular formula is C10H17ClN4. The highest BCUT2D eigenvalue weighted by atomic mass is 35.5. The molecule has 2 atom stereocenters. The second-order valence-electron chi connectivity index (χ2n) is 3.86. The van der Waals surface area contributed by atoms with Gasteiger partial charge in [-0.3, -0.25) is 0 Å². The number of hydrogen-bond acceptors (Lipinski definition) is 4. The number of nitrogens with one attached hydrogen (secondary N) is 1. The maximum Gasteiger partial charge on any atom is 0.225 e. The molecule has 0 aliphatic carbocycles. The zero-order valence-electron chi connectivity index (χ0n) is 9.05. The predicted octanol–water partition coefficient (Wildman–Crippen LogP) is 1.08. The van der Waals surface area contributed by atoms with E-state index in [1.54, 1.807) is 12.4 Å². The van der Waals surface area contributed by atoms with Gasteiger partial charge in [0.25, 0.3) is 0 Å². The monoisotopic (exact) mass is 228 g/mol. The summed E-state index contributed by atoms with van der Waals surface area (Å²) in [6, 6.07) is 2.82. The molecule has 5 heteroatoms. The Morgan fingerprint density at radius 2 is 2.00 bits per heavy atom. The molecule has 1 N–H and O–H groups in total. The van der Waals surface area contributed by atoms with Crippen LogP contribution in [-0.4, -0.2) is 35.1 Å². The molecule has 2 rings (SSSR count). The van der Waals surface area contributed by atoms with Crippen molar-refractivity contribution in [3.8, 4) is 0 Å². The molecule has 15 heavy (non-hydrogen) atoms. The Morgan fingerprint density at radius 1 is 1.33 bits per heavy atom. The molecule has 84 valence electrons. The summed E-state index contributed by atoms with van der Waals surface area (Å²) >= 11 is 0. The first-order valence-corrected chi connectivity index (χ1v) is 5.04. The van der Waals surface area contributed by atoms with Crippen molar-refractivity contribution >= 4 is 18.4 Å². The fraction of sp³-hybridized carbons (Fsp3) is 0.600. The summed E-state index contributed by atoms with van der Waals surface area (Å²) in [6.07, 6.45) is 3.59. The lowest BCUT2D eigenvalue weighted by Gasteiger charge is -2.37. The Labute approximate surface area is 96.5 Å². The standard InChI is InChI=1S/C10H16N4.ClH/c1-8-7-14(9(2)6-13-8)10-11-4-3-5-12-10;/h3-5,8-9,13H,6-7H2,1-2H3;1H. The van der Waals surface area contributed by atoms with Crippen molar-refractivity contribution in [2.24, 2.45) is 0 Å². The first-order valence-electron chi connectivity index (χ1n) is 5.04. The Bertz CT molecular complexity index is 293. The Balaban J connectivity index is 0.00000112. The van der Waals surface area contributed by atoms with Gasteiger partial charge >= 0.3 is 0 Å². The van der Waals surface area contributed by atoms with Gasteiger partial charge in [0.05, 0.1) is 0 Å². The lowest BCUT2D eigenvalue weighted by Crippen LogP contribution is -2.55. The van der Waals surface area contributed by atoms with Gasteiger partial charge in [-0.15, -0.1) is 12.4 Å². The van der Waals surface area contributed by atoms with Crippen LogP contribution in [0, 0.1) is 0 Å². The van der Waals surface area contributed by atoms with Gasteiger partial charge in [0.1, 0.15) is 0 Å². The van der Waals surface area contributed by atoms with E-state index in [4.69, 9.17) is 0 Å². The number of piperazine rings is 1. The summed E-state index contributed by atoms with van der Waals surface area (Å²) in [5, 5.41) is 3.43. The molecule has 0 bridgehead atoms. The zero-order valence-corrected chi connectivity index (χ0v) is 9.87. The van der Waals surface area contributed by atoms with E-state index in [-0.39, 0.29) is 12.4 Å². The Morgan fingerprint density at radius 3 is 2.67 bits per heavy atom. The molecule has 1 aromatic heterocycles. The molecule has 0 spiro atoms. The highest BCUT2D eigenvalue weighted by Gasteiger charge is 2.23. The molecule has 0 amide bonds. The van der Waals surface area contributed by atoms with Crippen molar-refractivity contribution in [1.29, 1.82) is 0 Å². The largest absolute Gasteiger partial charge is 0.335 e. The maximum atomic E-state index is 4.27. The highest BCUT2D eigenvalue weighted by Crippen LogP contribution is 2.13. The van der Waals surface area contributed by atoms with Crippen molar-refractivity contribution in [3.63, 3.8) is 0 Å². The van der Waals surface area contributed by atoms with Crippen LogP contribution in [0.4, 0.5) is 5.95 Å². The van der Waals surface area contributed by atoms with Crippen molar-refractivity contribution < 1.29 is 0 Å². The molecule has 4 nitrogen and oxygen atoms in total. The minimum atomic E-state index is 0. The number of nitrogens with zero attached hydrogens (tertiary/aromatic N) is 3. The summed E-state index contributed by atoms with van der Waals surface area (Å²) in [7, 11) is 0. The molecule has 1 fully saturated rings. The van der Waals surface area contributed by atoms with E-state index in [1.165, 1.54) is 0 Å². The summed E-state index contributed by atoms with van der Waals surface area (Å²) < 4.78 is 0. The highest BCUT2D eigenvalue weighted by molar-refractivity contribution is 5.85. The maximum absolute atomic E-state index is 4.27. The molecule has 1 aromatic rings. The summed E-state index contributed by atoms with van der Waals surface area (Å²) in [6.45, 7) is 6.35. The van der Waals surface area contributed by atoms with E-state index < -0.39 is 0 Å². The average molecular weight is 229 g/mol. The lowest BCUT2D eigenvalue weighted by molar-refractivity contribution is 0.420. The first kappa shape index (κ1) is 12.2. The van der Waals surface area contributed by atoms with Crippen molar-refractivity contribution in [2.75, 3.05) is 18.0 Å². The quantitative estimate of drug-likeness (QED) is 0.781. The van der Waals surface area contributed by atoms with Gasteiger partial charge in [0.15, 0.2) is 0 Å². The van der Waals surface area contributed by atoms with E-state index in [9.17, 15) is 0 Å². The molecule has 0 aromatic carbocycles. The Kier molecular flexibility index (Phi) is 4.29. The molecule has 1 saturated heterocycles. The van der Waals surface area contributed by atoms with Crippen LogP contribution in [0.2, 0.25) is 0 Å². The van der Waals surface area contributed by atoms with Gasteiger partial charge < -0.3 is 10.2 Å². The predicted molar refractivity (Wildman–Crippen MR) is 63.6 cm³/mol. The van der Waals surface area contributed by atoms with Gasteiger partial charge in [-0.25, -0.2) is 9.97 Å². The van der Waals surface area contributed by atoms with Crippen molar-refractivity contribution in [3.05, 3.63) is 18.5 Å². The molecule has 2 unspecified atom stereocenters. The SMILES string of the molecule is CC1CN(c2ncccn2)C(C)CN1.Cl. The van der Waals surface area contributed by atoms with Crippen LogP contribution in [0.25, 0.3) is 0 Å². The number of aromatic nitrogens is 2. The lowest BCUT2D eigenvalue weighted by atomic mass is 10.1. The van der Waals surface area contributed by atoms with Crippen LogP contribution >= 0.6 is 12.4 Å². The van der Waals surface area contributed by atoms with Gasteiger partial charge in [0, 0.05) is 37.6 Å². The third-order valence-corrected chi connectivity index (χ3v) is 2.57. The van der Waals surface area contributed by atoms with Gasteiger partial charge in [0.2, 0.25) is 5.95 Å². The topological polar surface area (TPSA) is 41.1 Å². The molecule has 0 radical (unpaired) electrons. The minimum absolute atomic E-state index is 0. The molecular weight excluding hydrogens is 212 g/mol. The number of anilines is 1. The zero-order chi connectivity index (χ0) is 9.97. The molecule has 2 heterocycles. The normalized spacial score (nSPS) is 25.9. The summed E-state index contributed by atoms with van der Waals surface area (Å²) in [4.78, 5) is 10.8. The van der Waals surface area contributed by atoms with E-state index in [1.807, 2.05) is 6.07 Å². The molecule has 1 aliphatic heterocycles. The van der Waals surface area contributed by atoms with Crippen molar-refractivity contribution in [1.82, 2.24) is 15.3 Å². The van der Waals surface area contributed by atoms with Gasteiger partial charge in [-0.1, -0.05) is 0 Å². The number of rotatable bonds is 1. The fourth-order valence-electron chi connectivity index (χ4n) is 1.74.